The highest BCUT2D eigenvalue weighted by molar-refractivity contribution is 6.04. The molecule has 0 bridgehead atoms. The van der Waals surface area contributed by atoms with Gasteiger partial charge in [-0.25, -0.2) is 9.59 Å². The van der Waals surface area contributed by atoms with E-state index >= 15 is 0 Å². The molecule has 1 heterocycles. The molecule has 39 heavy (non-hydrogen) atoms. The highest BCUT2D eigenvalue weighted by Gasteiger charge is 2.36. The van der Waals surface area contributed by atoms with Gasteiger partial charge >= 0.3 is 12.0 Å². The number of nitrogens with one attached hydrogen (secondary N) is 2. The summed E-state index contributed by atoms with van der Waals surface area (Å²) in [5.74, 6) is -0.475. The van der Waals surface area contributed by atoms with E-state index in [1.165, 1.54) is 0 Å². The number of benzene rings is 3. The minimum absolute atomic E-state index is 0.190. The quantitative estimate of drug-likeness (QED) is 0.310. The van der Waals surface area contributed by atoms with Crippen LogP contribution in [-0.2, 0) is 9.53 Å². The number of nitrogens with zero attached hydrogens (tertiary/aromatic N) is 1. The van der Waals surface area contributed by atoms with Crippen molar-refractivity contribution in [1.82, 2.24) is 10.2 Å². The van der Waals surface area contributed by atoms with Crippen LogP contribution in [-0.4, -0.2) is 36.0 Å². The van der Waals surface area contributed by atoms with Crippen molar-refractivity contribution in [3.05, 3.63) is 101 Å². The molecule has 2 N–H and O–H groups in total. The molecule has 0 saturated heterocycles. The minimum Gasteiger partial charge on any atom is -0.462 e. The third-order valence-electron chi connectivity index (χ3n) is 6.57. The van der Waals surface area contributed by atoms with Gasteiger partial charge in [-0.3, -0.25) is 9.69 Å². The molecule has 3 amide bonds. The molecule has 0 spiro atoms. The number of carbonyl (C=O) groups is 3. The molecule has 1 aliphatic rings. The van der Waals surface area contributed by atoms with Gasteiger partial charge < -0.3 is 15.4 Å². The first-order valence-electron chi connectivity index (χ1n) is 13.3. The van der Waals surface area contributed by atoms with Gasteiger partial charge in [0.05, 0.1) is 18.2 Å². The maximum Gasteiger partial charge on any atom is 0.338 e. The van der Waals surface area contributed by atoms with E-state index < -0.39 is 12.0 Å². The van der Waals surface area contributed by atoms with Gasteiger partial charge in [0.25, 0.3) is 5.91 Å². The number of amides is 3. The van der Waals surface area contributed by atoms with Crippen molar-refractivity contribution < 1.29 is 19.1 Å². The van der Waals surface area contributed by atoms with E-state index in [2.05, 4.69) is 10.6 Å². The second-order valence-corrected chi connectivity index (χ2v) is 10.0. The zero-order chi connectivity index (χ0) is 27.9. The van der Waals surface area contributed by atoms with Crippen LogP contribution in [0.25, 0.3) is 11.1 Å². The van der Waals surface area contributed by atoms with Crippen LogP contribution in [0.5, 0.6) is 0 Å². The van der Waals surface area contributed by atoms with Crippen molar-refractivity contribution in [2.45, 2.75) is 40.2 Å². The molecule has 1 aliphatic heterocycles. The molecule has 0 aliphatic carbocycles. The monoisotopic (exact) mass is 525 g/mol. The third-order valence-corrected chi connectivity index (χ3v) is 6.57. The second kappa shape index (κ2) is 12.4. The second-order valence-electron chi connectivity index (χ2n) is 10.0. The summed E-state index contributed by atoms with van der Waals surface area (Å²) in [6, 6.07) is 23.7. The van der Waals surface area contributed by atoms with Gasteiger partial charge in [-0.05, 0) is 60.2 Å². The number of hydrogen-bond acceptors (Lipinski definition) is 4. The molecule has 0 radical (unpaired) electrons. The Morgan fingerprint density at radius 1 is 0.949 bits per heavy atom. The Labute approximate surface area is 229 Å². The highest BCUT2D eigenvalue weighted by atomic mass is 16.5. The van der Waals surface area contributed by atoms with Crippen molar-refractivity contribution in [1.29, 1.82) is 0 Å². The fourth-order valence-corrected chi connectivity index (χ4v) is 4.52. The lowest BCUT2D eigenvalue weighted by molar-refractivity contribution is -0.140. The van der Waals surface area contributed by atoms with Gasteiger partial charge in [-0.15, -0.1) is 0 Å². The predicted molar refractivity (Wildman–Crippen MR) is 153 cm³/mol. The summed E-state index contributed by atoms with van der Waals surface area (Å²) >= 11 is 0. The topological polar surface area (TPSA) is 87.7 Å². The molecule has 0 fully saturated rings. The number of urea groups is 1. The molecular formula is C32H35N3O4. The summed E-state index contributed by atoms with van der Waals surface area (Å²) in [6.45, 7) is 8.51. The number of rotatable bonds is 9. The molecule has 1 unspecified atom stereocenters. The van der Waals surface area contributed by atoms with Crippen molar-refractivity contribution >= 4 is 23.6 Å². The van der Waals surface area contributed by atoms with E-state index in [4.69, 9.17) is 4.74 Å². The maximum atomic E-state index is 13.1. The van der Waals surface area contributed by atoms with E-state index in [9.17, 15) is 14.4 Å². The lowest BCUT2D eigenvalue weighted by Gasteiger charge is -2.35. The Bertz CT molecular complexity index is 1350. The largest absolute Gasteiger partial charge is 0.462 e. The number of anilines is 1. The number of carbonyl (C=O) groups excluding carboxylic acids is 3. The Morgan fingerprint density at radius 3 is 2.21 bits per heavy atom. The first-order chi connectivity index (χ1) is 18.8. The van der Waals surface area contributed by atoms with E-state index in [1.54, 1.807) is 48.2 Å². The van der Waals surface area contributed by atoms with Crippen LogP contribution in [0.15, 0.2) is 90.1 Å². The number of ether oxygens (including phenoxy) is 1. The Balaban J connectivity index is 1.51. The number of hydrogen-bond donors (Lipinski definition) is 2. The molecule has 7 heteroatoms. The molecule has 3 aromatic carbocycles. The van der Waals surface area contributed by atoms with Crippen LogP contribution in [0.4, 0.5) is 10.5 Å². The van der Waals surface area contributed by atoms with Crippen molar-refractivity contribution in [2.75, 3.05) is 18.5 Å². The van der Waals surface area contributed by atoms with Crippen LogP contribution in [0.1, 0.15) is 56.1 Å². The molecular weight excluding hydrogens is 490 g/mol. The van der Waals surface area contributed by atoms with E-state index in [0.29, 0.717) is 35.7 Å². The zero-order valence-corrected chi connectivity index (χ0v) is 22.9. The first kappa shape index (κ1) is 27.6. The molecule has 4 rings (SSSR count). The lowest BCUT2D eigenvalue weighted by Crippen LogP contribution is -2.48. The number of esters is 1. The molecule has 7 nitrogen and oxygen atoms in total. The molecule has 3 aromatic rings. The highest BCUT2D eigenvalue weighted by Crippen LogP contribution is 2.32. The zero-order valence-electron chi connectivity index (χ0n) is 22.9. The molecule has 1 atom stereocenters. The third kappa shape index (κ3) is 6.55. The Kier molecular flexibility index (Phi) is 8.81. The van der Waals surface area contributed by atoms with E-state index in [-0.39, 0.29) is 17.9 Å². The predicted octanol–water partition coefficient (Wildman–Crippen LogP) is 6.56. The standard InChI is InChI=1S/C32H35N3O4/c1-5-19-35-22(4)28(31(37)39-20-21(2)3)29(34-32(35)38)25-15-17-27(18-16-25)33-30(36)26-13-11-24(12-14-26)23-9-7-6-8-10-23/h6-18,21,29H,5,19-20H2,1-4H3,(H,33,36)(H,34,38). The average molecular weight is 526 g/mol. The van der Waals surface area contributed by atoms with Crippen molar-refractivity contribution in [3.63, 3.8) is 0 Å². The molecule has 0 saturated carbocycles. The summed E-state index contributed by atoms with van der Waals surface area (Å²) in [5.41, 5.74) is 5.01. The van der Waals surface area contributed by atoms with Gasteiger partial charge in [0.1, 0.15) is 0 Å². The summed E-state index contributed by atoms with van der Waals surface area (Å²) in [6.07, 6.45) is 0.757. The van der Waals surface area contributed by atoms with Crippen LogP contribution in [0.3, 0.4) is 0 Å². The van der Waals surface area contributed by atoms with Gasteiger partial charge in [-0.2, -0.15) is 0 Å². The molecule has 202 valence electrons. The van der Waals surface area contributed by atoms with Gasteiger partial charge in [-0.1, -0.05) is 75.4 Å². The van der Waals surface area contributed by atoms with Gasteiger partial charge in [0.15, 0.2) is 0 Å². The van der Waals surface area contributed by atoms with Crippen molar-refractivity contribution in [2.24, 2.45) is 5.92 Å². The Hall–Kier alpha value is -4.39. The molecule has 0 aromatic heterocycles. The van der Waals surface area contributed by atoms with E-state index in [1.807, 2.05) is 63.2 Å². The summed E-state index contributed by atoms with van der Waals surface area (Å²) < 4.78 is 5.56. The normalized spacial score (nSPS) is 15.3. The van der Waals surface area contributed by atoms with Crippen LogP contribution in [0.2, 0.25) is 0 Å². The van der Waals surface area contributed by atoms with Crippen LogP contribution in [0, 0.1) is 5.92 Å². The van der Waals surface area contributed by atoms with Crippen LogP contribution < -0.4 is 10.6 Å². The Morgan fingerprint density at radius 2 is 1.59 bits per heavy atom. The van der Waals surface area contributed by atoms with E-state index in [0.717, 1.165) is 23.1 Å². The maximum absolute atomic E-state index is 13.1. The van der Waals surface area contributed by atoms with Gasteiger partial charge in [0, 0.05) is 23.5 Å². The first-order valence-corrected chi connectivity index (χ1v) is 13.3. The van der Waals surface area contributed by atoms with Crippen LogP contribution >= 0.6 is 0 Å². The summed E-state index contributed by atoms with van der Waals surface area (Å²) in [7, 11) is 0. The summed E-state index contributed by atoms with van der Waals surface area (Å²) in [5, 5.41) is 5.88. The number of allylic oxidation sites excluding steroid dienone is 1. The average Bonchev–Trinajstić information content (AvgIpc) is 2.94. The summed E-state index contributed by atoms with van der Waals surface area (Å²) in [4.78, 5) is 40.4. The fraction of sp³-hybridized carbons (Fsp3) is 0.281. The smallest absolute Gasteiger partial charge is 0.338 e. The van der Waals surface area contributed by atoms with Crippen molar-refractivity contribution in [3.8, 4) is 11.1 Å². The lowest BCUT2D eigenvalue weighted by atomic mass is 9.94. The van der Waals surface area contributed by atoms with Gasteiger partial charge in [0.2, 0.25) is 0 Å². The minimum atomic E-state index is -0.652. The SMILES string of the molecule is CCCN1C(=O)NC(c2ccc(NC(=O)c3ccc(-c4ccccc4)cc3)cc2)C(C(=O)OCC(C)C)=C1C. The fourth-order valence-electron chi connectivity index (χ4n) is 4.52.